The van der Waals surface area contributed by atoms with Gasteiger partial charge in [0.05, 0.1) is 56.7 Å². The highest BCUT2D eigenvalue weighted by Crippen LogP contribution is 2.54. The van der Waals surface area contributed by atoms with Crippen molar-refractivity contribution in [2.45, 2.75) is 52.4 Å². The summed E-state index contributed by atoms with van der Waals surface area (Å²) in [5, 5.41) is 0.273. The minimum atomic E-state index is -0.739. The number of aromatic nitrogens is 2. The number of anilines is 9. The monoisotopic (exact) mass is 1430 g/mol. The second-order valence-corrected chi connectivity index (χ2v) is 30.4. The van der Waals surface area contributed by atoms with Crippen molar-refractivity contribution in [1.29, 1.82) is 0 Å². The second kappa shape index (κ2) is 26.2. The average molecular weight is 1430 g/mol. The number of fused-ring (bicyclic) bond motifs is 10. The Morgan fingerprint density at radius 1 is 0.282 bits per heavy atom. The van der Waals surface area contributed by atoms with E-state index in [1.54, 1.807) is 45.9 Å². The Kier molecular flexibility index (Phi) is 12.0. The average Bonchev–Trinajstić information content (AvgIpc) is 1.63. The molecule has 0 unspecified atom stereocenters. The van der Waals surface area contributed by atoms with E-state index in [0.29, 0.717) is 50.7 Å². The molecule has 0 radical (unpaired) electrons. The molecule has 2 aliphatic heterocycles. The normalized spacial score (nSPS) is 14.7. The summed E-state index contributed by atoms with van der Waals surface area (Å²) in [4.78, 5) is 6.18. The lowest BCUT2D eigenvalue weighted by atomic mass is 9.33. The van der Waals surface area contributed by atoms with Crippen molar-refractivity contribution in [2.75, 3.05) is 14.7 Å². The highest BCUT2D eigenvalue weighted by Gasteiger charge is 2.46. The summed E-state index contributed by atoms with van der Waals surface area (Å²) >= 11 is 0. The highest BCUT2D eigenvalue weighted by molar-refractivity contribution is 7.00. The van der Waals surface area contributed by atoms with E-state index in [0.717, 1.165) is 94.5 Å². The van der Waals surface area contributed by atoms with E-state index in [4.69, 9.17) is 6.85 Å². The van der Waals surface area contributed by atoms with E-state index in [-0.39, 0.29) is 61.6 Å². The lowest BCUT2D eigenvalue weighted by Gasteiger charge is -2.45. The fraction of sp³-hybridized carbons (Fsp3) is 0.0769. The first-order chi connectivity index (χ1) is 60.9. The number of nitrogens with zero attached hydrogens (tertiary/aromatic N) is 5. The van der Waals surface area contributed by atoms with Gasteiger partial charge < -0.3 is 23.8 Å². The molecule has 0 amide bonds. The van der Waals surface area contributed by atoms with Gasteiger partial charge in [0.1, 0.15) is 0 Å². The molecular formula is C104H80BN5. The van der Waals surface area contributed by atoms with Gasteiger partial charge >= 0.3 is 0 Å². The molecule has 20 rings (SSSR count). The van der Waals surface area contributed by atoms with Crippen LogP contribution in [0.1, 0.15) is 76.0 Å². The standard InChI is InChI=1S/C104H80BN5/c1-103(2,3)77-41-31-40-73(59-77)74-52-55-91-97(62-74)110(102-88(71-36-17-9-18-37-71)63-78(104(4,5)6)64-89(102)72-38-19-10-20-39-72)100-68-84(108-95-51-30-27-48-87(95)90-65-81(54-57-96(90)108)106(79-42-21-11-22-43-79)80-44-23-12-24-45-80)67-99-101(100)105(91)92-56-53-82(107-93-49-28-25-46-85(93)86-47-26-29-50-94(86)107)66-98(92)109(99)83-60-75(69-32-13-7-14-33-69)58-76(61-83)70-34-15-8-16-35-70/h7-68H,1-6H3/i11D,21D,22D,25D,26D,27D,28D,29D,30D,42D,43D,46D,47D,48D,49D,50D,51D. The molecule has 2 aliphatic rings. The van der Waals surface area contributed by atoms with Crippen molar-refractivity contribution >= 4 is 118 Å². The van der Waals surface area contributed by atoms with Crippen molar-refractivity contribution in [3.8, 4) is 67.0 Å². The highest BCUT2D eigenvalue weighted by atomic mass is 15.2. The third-order valence-corrected chi connectivity index (χ3v) is 21.8. The molecule has 0 spiro atoms. The third-order valence-electron chi connectivity index (χ3n) is 21.8. The molecule has 2 aromatic heterocycles. The van der Waals surface area contributed by atoms with Gasteiger partial charge in [-0.1, -0.05) is 296 Å². The first kappa shape index (κ1) is 50.2. The van der Waals surface area contributed by atoms with E-state index in [1.807, 2.05) is 108 Å². The number of hydrogen-bond donors (Lipinski definition) is 0. The lowest BCUT2D eigenvalue weighted by molar-refractivity contribution is 0.590. The number of rotatable bonds is 12. The van der Waals surface area contributed by atoms with Crippen LogP contribution in [0.4, 0.5) is 51.2 Å². The van der Waals surface area contributed by atoms with Crippen LogP contribution in [0.25, 0.3) is 111 Å². The van der Waals surface area contributed by atoms with E-state index in [1.165, 1.54) is 0 Å². The molecule has 0 aliphatic carbocycles. The molecule has 0 fully saturated rings. The molecule has 110 heavy (non-hydrogen) atoms. The second-order valence-electron chi connectivity index (χ2n) is 30.4. The predicted octanol–water partition coefficient (Wildman–Crippen LogP) is 26.4. The minimum absolute atomic E-state index is 0.0698. The number of benzene rings is 16. The van der Waals surface area contributed by atoms with Crippen LogP contribution in [-0.4, -0.2) is 15.8 Å². The molecule has 0 bridgehead atoms. The van der Waals surface area contributed by atoms with Crippen molar-refractivity contribution in [3.63, 3.8) is 0 Å². The van der Waals surface area contributed by atoms with Crippen LogP contribution in [0.2, 0.25) is 0 Å². The molecule has 0 N–H and O–H groups in total. The molecule has 4 heterocycles. The van der Waals surface area contributed by atoms with Gasteiger partial charge in [0.2, 0.25) is 0 Å². The molecule has 0 atom stereocenters. The van der Waals surface area contributed by atoms with Crippen LogP contribution >= 0.6 is 0 Å². The third kappa shape index (κ3) is 11.1. The Hall–Kier alpha value is -13.4. The van der Waals surface area contributed by atoms with Gasteiger partial charge in [0.25, 0.3) is 6.71 Å². The van der Waals surface area contributed by atoms with Gasteiger partial charge in [-0.3, -0.25) is 0 Å². The molecule has 0 saturated carbocycles. The Morgan fingerprint density at radius 2 is 0.745 bits per heavy atom. The Bertz CT molecular complexity index is 7480. The first-order valence-electron chi connectivity index (χ1n) is 45.6. The van der Waals surface area contributed by atoms with Crippen molar-refractivity contribution in [2.24, 2.45) is 0 Å². The van der Waals surface area contributed by atoms with Crippen LogP contribution in [0.5, 0.6) is 0 Å². The summed E-state index contributed by atoms with van der Waals surface area (Å²) in [5.41, 5.74) is 18.4. The van der Waals surface area contributed by atoms with Gasteiger partial charge in [-0.25, -0.2) is 0 Å². The maximum atomic E-state index is 10.5. The molecule has 0 saturated heterocycles. The van der Waals surface area contributed by atoms with Crippen LogP contribution in [-0.2, 0) is 10.8 Å². The molecule has 18 aromatic rings. The Balaban J connectivity index is 1.00. The van der Waals surface area contributed by atoms with Crippen LogP contribution in [0.15, 0.2) is 376 Å². The molecule has 6 heteroatoms. The number of hydrogen-bond acceptors (Lipinski definition) is 3. The maximum absolute atomic E-state index is 10.5. The van der Waals surface area contributed by atoms with E-state index in [9.17, 15) is 16.4 Å². The fourth-order valence-electron chi connectivity index (χ4n) is 16.5. The predicted molar refractivity (Wildman–Crippen MR) is 468 cm³/mol. The van der Waals surface area contributed by atoms with Crippen LogP contribution in [0, 0.1) is 0 Å². The zero-order chi connectivity index (χ0) is 88.7. The lowest BCUT2D eigenvalue weighted by Crippen LogP contribution is -2.61. The SMILES string of the molecule is [2H]c1c([2H])c([2H])c(N(c2ccccc2)c2ccc3c(c2)c2c([2H])c([2H])c([2H])c([2H])c2n3-c2cc3c4c(c2)N(c2c(-c5ccccc5)cc(C(C)(C)C)cc2-c2ccccc2)c2cc(-c5cccc(C(C)(C)C)c5)ccc2B4c2ccc(-n4c5c([2H])c([2H])c([2H])c([2H])c5c5c([2H])c([2H])c([2H])c([2H])c54)cc2N3c2cc(-c3ccccc3)cc(-c3ccccc3)c2)c([2H])c1[2H]. The Labute approximate surface area is 668 Å². The van der Waals surface area contributed by atoms with Gasteiger partial charge in [-0.15, -0.1) is 0 Å². The van der Waals surface area contributed by atoms with Crippen molar-refractivity contribution in [3.05, 3.63) is 387 Å². The van der Waals surface area contributed by atoms with Gasteiger partial charge in [0, 0.05) is 83.9 Å². The van der Waals surface area contributed by atoms with Crippen molar-refractivity contribution in [1.82, 2.24) is 9.13 Å². The van der Waals surface area contributed by atoms with Gasteiger partial charge in [-0.05, 0) is 204 Å². The first-order valence-corrected chi connectivity index (χ1v) is 37.1. The van der Waals surface area contributed by atoms with E-state index >= 15 is 0 Å². The summed E-state index contributed by atoms with van der Waals surface area (Å²) < 4.78 is 166. The zero-order valence-electron chi connectivity index (χ0n) is 78.3. The molecular weight excluding hydrogens is 1330 g/mol. The molecule has 524 valence electrons. The molecule has 16 aromatic carbocycles. The zero-order valence-corrected chi connectivity index (χ0v) is 61.3. The maximum Gasteiger partial charge on any atom is 0.252 e. The largest absolute Gasteiger partial charge is 0.311 e. The van der Waals surface area contributed by atoms with Crippen LogP contribution in [0.3, 0.4) is 0 Å². The summed E-state index contributed by atoms with van der Waals surface area (Å²) in [5.74, 6) is 0. The number of para-hydroxylation sites is 5. The Morgan fingerprint density at radius 3 is 1.31 bits per heavy atom. The van der Waals surface area contributed by atoms with E-state index < -0.39 is 103 Å². The summed E-state index contributed by atoms with van der Waals surface area (Å²) in [6, 6.07) is 82.9. The minimum Gasteiger partial charge on any atom is -0.311 e. The topological polar surface area (TPSA) is 19.6 Å². The fourth-order valence-corrected chi connectivity index (χ4v) is 16.5. The van der Waals surface area contributed by atoms with Gasteiger partial charge in [-0.2, -0.15) is 0 Å². The summed E-state index contributed by atoms with van der Waals surface area (Å²) in [6.45, 7) is 12.5. The summed E-state index contributed by atoms with van der Waals surface area (Å²) in [6.07, 6.45) is 0. The molecule has 5 nitrogen and oxygen atoms in total. The summed E-state index contributed by atoms with van der Waals surface area (Å²) in [7, 11) is 0. The van der Waals surface area contributed by atoms with E-state index in [2.05, 4.69) is 185 Å². The van der Waals surface area contributed by atoms with Gasteiger partial charge in [0.15, 0.2) is 0 Å². The van der Waals surface area contributed by atoms with Crippen molar-refractivity contribution < 1.29 is 23.3 Å². The smallest absolute Gasteiger partial charge is 0.252 e. The quantitative estimate of drug-likeness (QED) is 0.114. The van der Waals surface area contributed by atoms with Crippen LogP contribution < -0.4 is 31.1 Å².